The average molecular weight is 269 g/mol. The molecule has 1 heterocycles. The smallest absolute Gasteiger partial charge is 0.331 e. The summed E-state index contributed by atoms with van der Waals surface area (Å²) in [6.45, 7) is 5.65. The third kappa shape index (κ3) is 2.36. The second-order valence-electron chi connectivity index (χ2n) is 6.25. The van der Waals surface area contributed by atoms with Crippen molar-refractivity contribution in [3.8, 4) is 0 Å². The van der Waals surface area contributed by atoms with Crippen molar-refractivity contribution in [2.45, 2.75) is 39.2 Å². The van der Waals surface area contributed by atoms with Crippen LogP contribution in [-0.4, -0.2) is 16.6 Å². The maximum Gasteiger partial charge on any atom is 0.331 e. The molecule has 1 aliphatic rings. The van der Waals surface area contributed by atoms with Crippen molar-refractivity contribution in [2.24, 2.45) is 0 Å². The van der Waals surface area contributed by atoms with Crippen LogP contribution in [0.15, 0.2) is 30.5 Å². The van der Waals surface area contributed by atoms with Gasteiger partial charge in [-0.3, -0.25) is 0 Å². The molecular weight excluding hydrogens is 250 g/mol. The molecule has 0 amide bonds. The van der Waals surface area contributed by atoms with Gasteiger partial charge in [0.1, 0.15) is 5.60 Å². The molecule has 20 heavy (non-hydrogen) atoms. The quantitative estimate of drug-likeness (QED) is 0.631. The number of esters is 1. The van der Waals surface area contributed by atoms with Gasteiger partial charge < -0.3 is 9.72 Å². The number of H-pyrrole nitrogens is 1. The highest BCUT2D eigenvalue weighted by Crippen LogP contribution is 2.35. The maximum atomic E-state index is 12.0. The van der Waals surface area contributed by atoms with Crippen LogP contribution >= 0.6 is 0 Å². The Bertz CT molecular complexity index is 701. The van der Waals surface area contributed by atoms with Gasteiger partial charge in [-0.1, -0.05) is 12.1 Å². The van der Waals surface area contributed by atoms with Crippen LogP contribution in [0.3, 0.4) is 0 Å². The number of ether oxygens (including phenoxy) is 1. The molecule has 3 nitrogen and oxygen atoms in total. The topological polar surface area (TPSA) is 42.1 Å². The van der Waals surface area contributed by atoms with E-state index >= 15 is 0 Å². The lowest BCUT2D eigenvalue weighted by molar-refractivity contribution is -0.148. The number of hydrogen-bond acceptors (Lipinski definition) is 2. The lowest BCUT2D eigenvalue weighted by Crippen LogP contribution is -2.22. The van der Waals surface area contributed by atoms with E-state index in [0.717, 1.165) is 29.5 Å². The fourth-order valence-electron chi connectivity index (χ4n) is 2.75. The van der Waals surface area contributed by atoms with Crippen molar-refractivity contribution >= 4 is 22.4 Å². The number of carbonyl (C=O) groups excluding carboxylic acids is 1. The van der Waals surface area contributed by atoms with Gasteiger partial charge in [-0.15, -0.1) is 0 Å². The summed E-state index contributed by atoms with van der Waals surface area (Å²) >= 11 is 0. The summed E-state index contributed by atoms with van der Waals surface area (Å²) in [7, 11) is 0. The van der Waals surface area contributed by atoms with Gasteiger partial charge in [0.15, 0.2) is 0 Å². The minimum Gasteiger partial charge on any atom is -0.457 e. The summed E-state index contributed by atoms with van der Waals surface area (Å²) in [6, 6.07) is 6.17. The first kappa shape index (κ1) is 13.0. The Morgan fingerprint density at radius 3 is 2.85 bits per heavy atom. The number of rotatable bonds is 1. The van der Waals surface area contributed by atoms with Gasteiger partial charge >= 0.3 is 5.97 Å². The molecule has 0 atom stereocenters. The maximum absolute atomic E-state index is 12.0. The van der Waals surface area contributed by atoms with Crippen LogP contribution < -0.4 is 0 Å². The summed E-state index contributed by atoms with van der Waals surface area (Å²) in [4.78, 5) is 15.3. The molecule has 0 spiro atoms. The largest absolute Gasteiger partial charge is 0.457 e. The highest BCUT2D eigenvalue weighted by atomic mass is 16.6. The standard InChI is InChI=1S/C17H19NO2/c1-17(2,3)20-15(19)9-11-7-8-12-10-18-14-6-4-5-13(11)16(12)14/h4-6,9-10,18H,7-8H2,1-3H3/b11-9+. The molecule has 0 saturated heterocycles. The summed E-state index contributed by atoms with van der Waals surface area (Å²) in [5.74, 6) is -0.261. The molecule has 0 fully saturated rings. The molecule has 0 radical (unpaired) electrons. The highest BCUT2D eigenvalue weighted by molar-refractivity contribution is 6.01. The van der Waals surface area contributed by atoms with E-state index in [2.05, 4.69) is 23.3 Å². The van der Waals surface area contributed by atoms with Crippen molar-refractivity contribution in [1.82, 2.24) is 4.98 Å². The third-order valence-electron chi connectivity index (χ3n) is 3.50. The van der Waals surface area contributed by atoms with Gasteiger partial charge in [-0.2, -0.15) is 0 Å². The Kier molecular flexibility index (Phi) is 2.93. The zero-order valence-electron chi connectivity index (χ0n) is 12.1. The Hall–Kier alpha value is -2.03. The molecule has 3 rings (SSSR count). The van der Waals surface area contributed by atoms with Gasteiger partial charge in [0.2, 0.25) is 0 Å². The van der Waals surface area contributed by atoms with E-state index in [1.807, 2.05) is 26.8 Å². The average Bonchev–Trinajstić information content (AvgIpc) is 2.75. The van der Waals surface area contributed by atoms with Crippen molar-refractivity contribution in [1.29, 1.82) is 0 Å². The Morgan fingerprint density at radius 1 is 1.30 bits per heavy atom. The number of aromatic nitrogens is 1. The lowest BCUT2D eigenvalue weighted by atomic mass is 9.88. The second-order valence-corrected chi connectivity index (χ2v) is 6.25. The number of nitrogens with one attached hydrogen (secondary N) is 1. The number of allylic oxidation sites excluding steroid dienone is 1. The van der Waals surface area contributed by atoms with Gasteiger partial charge in [-0.25, -0.2) is 4.79 Å². The van der Waals surface area contributed by atoms with Gasteiger partial charge in [0, 0.05) is 23.2 Å². The molecule has 1 aliphatic carbocycles. The van der Waals surface area contributed by atoms with E-state index in [-0.39, 0.29) is 5.97 Å². The molecule has 1 aromatic heterocycles. The van der Waals surface area contributed by atoms with Crippen LogP contribution in [0.2, 0.25) is 0 Å². The monoisotopic (exact) mass is 269 g/mol. The van der Waals surface area contributed by atoms with Crippen molar-refractivity contribution < 1.29 is 9.53 Å². The van der Waals surface area contributed by atoms with Crippen molar-refractivity contribution in [3.63, 3.8) is 0 Å². The van der Waals surface area contributed by atoms with E-state index in [1.165, 1.54) is 10.9 Å². The normalized spacial score (nSPS) is 16.6. The van der Waals surface area contributed by atoms with Crippen LogP contribution in [0.5, 0.6) is 0 Å². The lowest BCUT2D eigenvalue weighted by Gasteiger charge is -2.20. The van der Waals surface area contributed by atoms with E-state index < -0.39 is 5.60 Å². The minimum absolute atomic E-state index is 0.261. The first-order chi connectivity index (χ1) is 9.44. The second kappa shape index (κ2) is 4.51. The Labute approximate surface area is 118 Å². The predicted octanol–water partition coefficient (Wildman–Crippen LogP) is 3.84. The van der Waals surface area contributed by atoms with Crippen molar-refractivity contribution in [3.05, 3.63) is 41.6 Å². The molecule has 0 bridgehead atoms. The third-order valence-corrected chi connectivity index (χ3v) is 3.50. The minimum atomic E-state index is -0.450. The predicted molar refractivity (Wildman–Crippen MR) is 80.4 cm³/mol. The number of aromatic amines is 1. The van der Waals surface area contributed by atoms with E-state index in [4.69, 9.17) is 4.74 Å². The number of aryl methyl sites for hydroxylation is 1. The summed E-state index contributed by atoms with van der Waals surface area (Å²) < 4.78 is 5.38. The van der Waals surface area contributed by atoms with E-state index in [1.54, 1.807) is 6.08 Å². The molecule has 0 aliphatic heterocycles. The molecule has 3 heteroatoms. The van der Waals surface area contributed by atoms with Crippen LogP contribution in [0.1, 0.15) is 38.3 Å². The van der Waals surface area contributed by atoms with Crippen LogP contribution in [0.4, 0.5) is 0 Å². The van der Waals surface area contributed by atoms with Crippen molar-refractivity contribution in [2.75, 3.05) is 0 Å². The zero-order valence-corrected chi connectivity index (χ0v) is 12.1. The van der Waals surface area contributed by atoms with Gasteiger partial charge in [0.25, 0.3) is 0 Å². The first-order valence-electron chi connectivity index (χ1n) is 6.97. The molecule has 104 valence electrons. The fourth-order valence-corrected chi connectivity index (χ4v) is 2.75. The molecule has 1 aromatic carbocycles. The number of hydrogen-bond donors (Lipinski definition) is 1. The van der Waals surface area contributed by atoms with Crippen LogP contribution in [-0.2, 0) is 16.0 Å². The summed E-state index contributed by atoms with van der Waals surface area (Å²) in [5.41, 5.74) is 4.23. The van der Waals surface area contributed by atoms with Crippen LogP contribution in [0.25, 0.3) is 16.5 Å². The van der Waals surface area contributed by atoms with Gasteiger partial charge in [0.05, 0.1) is 0 Å². The molecule has 0 saturated carbocycles. The van der Waals surface area contributed by atoms with Crippen LogP contribution in [0, 0.1) is 0 Å². The molecule has 0 unspecified atom stereocenters. The zero-order chi connectivity index (χ0) is 14.3. The van der Waals surface area contributed by atoms with Gasteiger partial charge in [-0.05, 0) is 56.4 Å². The molecular formula is C17H19NO2. The first-order valence-corrected chi connectivity index (χ1v) is 6.97. The Morgan fingerprint density at radius 2 is 2.10 bits per heavy atom. The summed E-state index contributed by atoms with van der Waals surface area (Å²) in [5, 5.41) is 1.24. The molecule has 1 N–H and O–H groups in total. The van der Waals surface area contributed by atoms with E-state index in [0.29, 0.717) is 0 Å². The molecule has 2 aromatic rings. The number of carbonyl (C=O) groups is 1. The summed E-state index contributed by atoms with van der Waals surface area (Å²) in [6.07, 6.45) is 5.56. The Balaban J connectivity index is 2.00. The SMILES string of the molecule is CC(C)(C)OC(=O)/C=C1\CCc2c[nH]c3cccc1c23. The fraction of sp³-hybridized carbons (Fsp3) is 0.353. The number of benzene rings is 1. The highest BCUT2D eigenvalue weighted by Gasteiger charge is 2.20. The van der Waals surface area contributed by atoms with E-state index in [9.17, 15) is 4.79 Å².